The minimum absolute atomic E-state index is 0.177. The molecule has 0 saturated heterocycles. The van der Waals surface area contributed by atoms with Crippen LogP contribution in [0, 0.1) is 0 Å². The van der Waals surface area contributed by atoms with E-state index in [9.17, 15) is 5.11 Å². The Morgan fingerprint density at radius 2 is 1.85 bits per heavy atom. The number of thioether (sulfide) groups is 1. The van der Waals surface area contributed by atoms with Gasteiger partial charge in [0.1, 0.15) is 5.75 Å². The highest BCUT2D eigenvalue weighted by atomic mass is 32.2. The van der Waals surface area contributed by atoms with Gasteiger partial charge < -0.3 is 20.3 Å². The van der Waals surface area contributed by atoms with E-state index in [4.69, 9.17) is 9.84 Å². The van der Waals surface area contributed by atoms with Crippen LogP contribution >= 0.6 is 11.8 Å². The number of rotatable bonds is 9. The molecule has 0 spiro atoms. The number of benzene rings is 1. The first-order chi connectivity index (χ1) is 9.56. The zero-order valence-corrected chi connectivity index (χ0v) is 13.2. The van der Waals surface area contributed by atoms with Crippen LogP contribution in [-0.4, -0.2) is 47.6 Å². The number of aliphatic hydroxyl groups excluding tert-OH is 2. The second-order valence-corrected chi connectivity index (χ2v) is 6.03. The second-order valence-electron chi connectivity index (χ2n) is 4.95. The summed E-state index contributed by atoms with van der Waals surface area (Å²) in [5.41, 5.74) is 1.19. The fourth-order valence-corrected chi connectivity index (χ4v) is 2.88. The molecule has 3 N–H and O–H groups in total. The van der Waals surface area contributed by atoms with Crippen molar-refractivity contribution in [2.75, 3.05) is 25.2 Å². The van der Waals surface area contributed by atoms with Crippen LogP contribution in [-0.2, 0) is 0 Å². The molecule has 4 nitrogen and oxygen atoms in total. The highest BCUT2D eigenvalue weighted by molar-refractivity contribution is 7.99. The predicted molar refractivity (Wildman–Crippen MR) is 84.4 cm³/mol. The van der Waals surface area contributed by atoms with Gasteiger partial charge in [0, 0.05) is 17.5 Å². The summed E-state index contributed by atoms with van der Waals surface area (Å²) in [4.78, 5) is 0. The number of hydrogen-bond donors (Lipinski definition) is 3. The maximum Gasteiger partial charge on any atom is 0.119 e. The predicted octanol–water partition coefficient (Wildman–Crippen LogP) is 1.82. The third kappa shape index (κ3) is 6.13. The zero-order valence-electron chi connectivity index (χ0n) is 12.4. The van der Waals surface area contributed by atoms with E-state index < -0.39 is 6.10 Å². The first kappa shape index (κ1) is 17.3. The molecule has 0 amide bonds. The lowest BCUT2D eigenvalue weighted by atomic mass is 10.1. The van der Waals surface area contributed by atoms with Crippen molar-refractivity contribution in [1.29, 1.82) is 0 Å². The Balaban J connectivity index is 2.52. The van der Waals surface area contributed by atoms with Crippen LogP contribution in [0.5, 0.6) is 5.75 Å². The molecular formula is C15H25NO3S. The molecule has 20 heavy (non-hydrogen) atoms. The molecule has 0 aromatic heterocycles. The summed E-state index contributed by atoms with van der Waals surface area (Å²) in [5, 5.41) is 21.4. The lowest BCUT2D eigenvalue weighted by molar-refractivity contribution is 0.113. The average molecular weight is 299 g/mol. The number of ether oxygens (including phenoxy) is 1. The van der Waals surface area contributed by atoms with E-state index in [0.29, 0.717) is 5.75 Å². The number of hydrogen-bond acceptors (Lipinski definition) is 5. The van der Waals surface area contributed by atoms with Crippen molar-refractivity contribution in [1.82, 2.24) is 5.32 Å². The van der Waals surface area contributed by atoms with Crippen LogP contribution in [0.3, 0.4) is 0 Å². The minimum Gasteiger partial charge on any atom is -0.491 e. The summed E-state index contributed by atoms with van der Waals surface area (Å²) in [5.74, 6) is 2.27. The van der Waals surface area contributed by atoms with Crippen LogP contribution in [0.25, 0.3) is 0 Å². The van der Waals surface area contributed by atoms with Crippen molar-refractivity contribution in [3.63, 3.8) is 0 Å². The van der Waals surface area contributed by atoms with Gasteiger partial charge in [-0.05, 0) is 38.6 Å². The maximum atomic E-state index is 9.33. The Hall–Kier alpha value is -0.750. The van der Waals surface area contributed by atoms with Crippen molar-refractivity contribution in [3.8, 4) is 5.75 Å². The molecule has 0 aliphatic heterocycles. The summed E-state index contributed by atoms with van der Waals surface area (Å²) in [6.45, 7) is 3.83. The molecule has 2 unspecified atom stereocenters. The molecular weight excluding hydrogens is 274 g/mol. The summed E-state index contributed by atoms with van der Waals surface area (Å²) < 4.78 is 5.62. The van der Waals surface area contributed by atoms with Crippen molar-refractivity contribution in [2.24, 2.45) is 0 Å². The molecule has 0 saturated carbocycles. The largest absolute Gasteiger partial charge is 0.491 e. The fourth-order valence-electron chi connectivity index (χ4n) is 1.77. The molecule has 2 atom stereocenters. The van der Waals surface area contributed by atoms with Gasteiger partial charge >= 0.3 is 0 Å². The second kappa shape index (κ2) is 9.23. The van der Waals surface area contributed by atoms with E-state index in [1.54, 1.807) is 11.8 Å². The van der Waals surface area contributed by atoms with Gasteiger partial charge in [0.05, 0.1) is 18.8 Å². The molecule has 114 valence electrons. The fraction of sp³-hybridized carbons (Fsp3) is 0.600. The summed E-state index contributed by atoms with van der Waals surface area (Å²) >= 11 is 1.62. The van der Waals surface area contributed by atoms with E-state index in [0.717, 1.165) is 11.5 Å². The van der Waals surface area contributed by atoms with E-state index >= 15 is 0 Å². The third-order valence-electron chi connectivity index (χ3n) is 2.81. The van der Waals surface area contributed by atoms with Crippen LogP contribution in [0.4, 0.5) is 0 Å². The normalized spacial score (nSPS) is 14.3. The van der Waals surface area contributed by atoms with Crippen molar-refractivity contribution in [2.45, 2.75) is 32.1 Å². The smallest absolute Gasteiger partial charge is 0.119 e. The molecule has 1 aromatic rings. The minimum atomic E-state index is -0.640. The Labute approximate surface area is 125 Å². The van der Waals surface area contributed by atoms with Gasteiger partial charge in [-0.3, -0.25) is 0 Å². The van der Waals surface area contributed by atoms with E-state index in [1.165, 1.54) is 5.56 Å². The Morgan fingerprint density at radius 1 is 1.20 bits per heavy atom. The molecule has 0 heterocycles. The van der Waals surface area contributed by atoms with Gasteiger partial charge in [-0.15, -0.1) is 0 Å². The first-order valence-electron chi connectivity index (χ1n) is 6.87. The SMILES string of the molecule is CNC(CSCC(O)CO)c1ccc(OC(C)C)cc1. The molecule has 0 bridgehead atoms. The van der Waals surface area contributed by atoms with Crippen molar-refractivity contribution >= 4 is 11.8 Å². The van der Waals surface area contributed by atoms with Gasteiger partial charge in [-0.1, -0.05) is 12.1 Å². The van der Waals surface area contributed by atoms with Gasteiger partial charge in [0.25, 0.3) is 0 Å². The highest BCUT2D eigenvalue weighted by Crippen LogP contribution is 2.22. The molecule has 0 aliphatic carbocycles. The van der Waals surface area contributed by atoms with E-state index in [2.05, 4.69) is 17.4 Å². The lowest BCUT2D eigenvalue weighted by Crippen LogP contribution is -2.21. The number of aliphatic hydroxyl groups is 2. The first-order valence-corrected chi connectivity index (χ1v) is 8.02. The highest BCUT2D eigenvalue weighted by Gasteiger charge is 2.11. The van der Waals surface area contributed by atoms with Crippen LogP contribution in [0.2, 0.25) is 0 Å². The van der Waals surface area contributed by atoms with Gasteiger partial charge in [-0.25, -0.2) is 0 Å². The summed E-state index contributed by atoms with van der Waals surface area (Å²) in [6, 6.07) is 8.29. The lowest BCUT2D eigenvalue weighted by Gasteiger charge is -2.18. The van der Waals surface area contributed by atoms with Gasteiger partial charge in [0.2, 0.25) is 0 Å². The van der Waals surface area contributed by atoms with Crippen molar-refractivity contribution in [3.05, 3.63) is 29.8 Å². The topological polar surface area (TPSA) is 61.7 Å². The van der Waals surface area contributed by atoms with Crippen LogP contribution in [0.15, 0.2) is 24.3 Å². The Kier molecular flexibility index (Phi) is 7.99. The van der Waals surface area contributed by atoms with Crippen molar-refractivity contribution < 1.29 is 14.9 Å². The van der Waals surface area contributed by atoms with E-state index in [-0.39, 0.29) is 18.8 Å². The maximum absolute atomic E-state index is 9.33. The molecule has 1 aromatic carbocycles. The molecule has 0 radical (unpaired) electrons. The molecule has 0 fully saturated rings. The summed E-state index contributed by atoms with van der Waals surface area (Å²) in [7, 11) is 1.92. The quantitative estimate of drug-likeness (QED) is 0.649. The molecule has 0 aliphatic rings. The monoisotopic (exact) mass is 299 g/mol. The zero-order chi connectivity index (χ0) is 15.0. The van der Waals surface area contributed by atoms with Gasteiger partial charge in [-0.2, -0.15) is 11.8 Å². The average Bonchev–Trinajstić information content (AvgIpc) is 2.44. The third-order valence-corrected chi connectivity index (χ3v) is 4.00. The van der Waals surface area contributed by atoms with Crippen LogP contribution < -0.4 is 10.1 Å². The summed E-state index contributed by atoms with van der Waals surface area (Å²) in [6.07, 6.45) is -0.462. The van der Waals surface area contributed by atoms with E-state index in [1.807, 2.05) is 33.0 Å². The Bertz CT molecular complexity index is 370. The Morgan fingerprint density at radius 3 is 2.35 bits per heavy atom. The standard InChI is InChI=1S/C15H25NO3S/c1-11(2)19-14-6-4-12(5-7-14)15(16-3)10-20-9-13(18)8-17/h4-7,11,13,15-18H,8-10H2,1-3H3. The number of nitrogens with one attached hydrogen (secondary N) is 1. The van der Waals surface area contributed by atoms with Crippen LogP contribution in [0.1, 0.15) is 25.5 Å². The molecule has 1 rings (SSSR count). The van der Waals surface area contributed by atoms with Gasteiger partial charge in [0.15, 0.2) is 0 Å². The molecule has 5 heteroatoms.